The smallest absolute Gasteiger partial charge is 0.339 e. The zero-order valence-electron chi connectivity index (χ0n) is 21.4. The lowest BCUT2D eigenvalue weighted by Gasteiger charge is -2.28. The van der Waals surface area contributed by atoms with Crippen LogP contribution in [0.5, 0.6) is 5.75 Å². The number of nitro groups is 1. The van der Waals surface area contributed by atoms with E-state index >= 15 is 0 Å². The molecule has 0 bridgehead atoms. The number of hydroxylamine groups is 1. The highest BCUT2D eigenvalue weighted by Crippen LogP contribution is 2.48. The van der Waals surface area contributed by atoms with Gasteiger partial charge in [0.25, 0.3) is 11.6 Å². The third-order valence-corrected chi connectivity index (χ3v) is 8.47. The molecule has 0 unspecified atom stereocenters. The number of hydrogen-bond donors (Lipinski definition) is 0. The second kappa shape index (κ2) is 10.6. The van der Waals surface area contributed by atoms with E-state index < -0.39 is 44.9 Å². The molecule has 212 valence electrons. The van der Waals surface area contributed by atoms with Crippen molar-refractivity contribution in [3.8, 4) is 5.75 Å². The van der Waals surface area contributed by atoms with E-state index in [1.165, 1.54) is 47.5 Å². The zero-order valence-corrected chi connectivity index (χ0v) is 23.0. The van der Waals surface area contributed by atoms with Gasteiger partial charge in [-0.3, -0.25) is 24.5 Å². The van der Waals surface area contributed by atoms with Gasteiger partial charge in [-0.15, -0.1) is 0 Å². The number of non-ortho nitro benzene ring substituents is 1. The van der Waals surface area contributed by atoms with Crippen LogP contribution in [0.3, 0.4) is 0 Å². The van der Waals surface area contributed by atoms with Crippen LogP contribution in [0.2, 0.25) is 5.02 Å². The van der Waals surface area contributed by atoms with Gasteiger partial charge in [-0.25, -0.2) is 9.96 Å². The number of carbonyl (C=O) groups is 2. The Bertz CT molecular complexity index is 1800. The van der Waals surface area contributed by atoms with Crippen LogP contribution in [-0.2, 0) is 24.5 Å². The molecule has 42 heavy (non-hydrogen) atoms. The molecule has 0 saturated carbocycles. The predicted molar refractivity (Wildman–Crippen MR) is 151 cm³/mol. The number of nitro benzene ring substituents is 1. The van der Waals surface area contributed by atoms with Gasteiger partial charge in [0.05, 0.1) is 22.3 Å². The summed E-state index contributed by atoms with van der Waals surface area (Å²) in [6.07, 6.45) is -1.22. The number of carbonyl (C=O) groups excluding carboxylic acids is 2. The van der Waals surface area contributed by atoms with Crippen LogP contribution in [0.1, 0.15) is 11.6 Å². The minimum Gasteiger partial charge on any atom is -0.379 e. The first-order chi connectivity index (χ1) is 20.1. The maximum absolute atomic E-state index is 13.8. The number of amides is 2. The lowest BCUT2D eigenvalue weighted by atomic mass is 9.90. The molecule has 11 nitrogen and oxygen atoms in total. The highest BCUT2D eigenvalue weighted by molar-refractivity contribution is 7.87. The molecule has 2 saturated heterocycles. The van der Waals surface area contributed by atoms with Crippen LogP contribution in [0, 0.1) is 16.0 Å². The number of hydrogen-bond acceptors (Lipinski definition) is 9. The lowest BCUT2D eigenvalue weighted by molar-refractivity contribution is -0.384. The monoisotopic (exact) mass is 605 g/mol. The Morgan fingerprint density at radius 2 is 1.52 bits per heavy atom. The summed E-state index contributed by atoms with van der Waals surface area (Å²) in [6.45, 7) is 0. The summed E-state index contributed by atoms with van der Waals surface area (Å²) in [5.41, 5.74) is 0.858. The molecule has 0 aromatic heterocycles. The highest BCUT2D eigenvalue weighted by Gasteiger charge is 2.60. The van der Waals surface area contributed by atoms with Crippen molar-refractivity contribution in [1.29, 1.82) is 0 Å². The van der Waals surface area contributed by atoms with Gasteiger partial charge in [0.1, 0.15) is 16.6 Å². The summed E-state index contributed by atoms with van der Waals surface area (Å²) in [5, 5.41) is 13.2. The molecule has 0 radical (unpaired) electrons. The van der Waals surface area contributed by atoms with Gasteiger partial charge in [-0.05, 0) is 60.2 Å². The van der Waals surface area contributed by atoms with Gasteiger partial charge in [-0.2, -0.15) is 8.42 Å². The van der Waals surface area contributed by atoms with Crippen molar-refractivity contribution in [3.63, 3.8) is 0 Å². The van der Waals surface area contributed by atoms with Gasteiger partial charge in [-0.1, -0.05) is 48.0 Å². The normalized spacial score (nSPS) is 20.1. The van der Waals surface area contributed by atoms with E-state index in [9.17, 15) is 28.1 Å². The van der Waals surface area contributed by atoms with E-state index in [4.69, 9.17) is 20.6 Å². The summed E-state index contributed by atoms with van der Waals surface area (Å²) in [6, 6.07) is 24.5. The Morgan fingerprint density at radius 3 is 2.19 bits per heavy atom. The Kier molecular flexibility index (Phi) is 6.89. The van der Waals surface area contributed by atoms with Gasteiger partial charge in [0, 0.05) is 17.2 Å². The van der Waals surface area contributed by atoms with Crippen LogP contribution >= 0.6 is 11.6 Å². The number of anilines is 2. The maximum Gasteiger partial charge on any atom is 0.339 e. The molecular formula is C29H20ClN3O8S. The molecule has 4 aromatic carbocycles. The van der Waals surface area contributed by atoms with Crippen LogP contribution in [0.15, 0.2) is 108 Å². The molecule has 2 fully saturated rings. The molecule has 2 heterocycles. The van der Waals surface area contributed by atoms with E-state index in [2.05, 4.69) is 0 Å². The number of halogens is 1. The number of rotatable bonds is 7. The first-order valence-corrected chi connectivity index (χ1v) is 14.4. The fourth-order valence-electron chi connectivity index (χ4n) is 5.05. The van der Waals surface area contributed by atoms with Gasteiger partial charge < -0.3 is 4.18 Å². The molecule has 2 amide bonds. The predicted octanol–water partition coefficient (Wildman–Crippen LogP) is 5.07. The van der Waals surface area contributed by atoms with E-state index in [0.717, 1.165) is 4.90 Å². The standard InChI is InChI=1S/C29H20ClN3O8S/c30-19-11-13-20(14-12-19)31-28(34)25-26(32(40-27(25)29(31)35)21-5-4-6-22(17-21)33(36)37)18-9-15-23(16-10-18)41-42(38,39)24-7-2-1-3-8-24/h1-17,25-27H/t25-,26-,27+/m1/s1. The summed E-state index contributed by atoms with van der Waals surface area (Å²) in [4.78, 5) is 45.2. The van der Waals surface area contributed by atoms with E-state index in [1.807, 2.05) is 0 Å². The molecule has 0 spiro atoms. The molecule has 6 rings (SSSR count). The molecule has 2 aliphatic heterocycles. The zero-order chi connectivity index (χ0) is 29.6. The SMILES string of the molecule is O=C1[C@H]2[C@H](ON(c3cccc([N+](=O)[O-])c3)[C@@H]2c2ccc(OS(=O)(=O)c3ccccc3)cc2)C(=O)N1c1ccc(Cl)cc1. The second-order valence-corrected chi connectivity index (χ2v) is 11.5. The molecule has 3 atom stereocenters. The Hall–Kier alpha value is -4.78. The van der Waals surface area contributed by atoms with Crippen molar-refractivity contribution >= 4 is 50.6 Å². The van der Waals surface area contributed by atoms with Crippen molar-refractivity contribution in [2.75, 3.05) is 9.96 Å². The van der Waals surface area contributed by atoms with Gasteiger partial charge in [0.2, 0.25) is 5.91 Å². The fourth-order valence-corrected chi connectivity index (χ4v) is 6.13. The quantitative estimate of drug-likeness (QED) is 0.122. The Morgan fingerprint density at radius 1 is 0.833 bits per heavy atom. The number of nitrogens with zero attached hydrogens (tertiary/aromatic N) is 3. The summed E-state index contributed by atoms with van der Waals surface area (Å²) in [7, 11) is -4.10. The van der Waals surface area contributed by atoms with Crippen LogP contribution in [0.4, 0.5) is 17.1 Å². The summed E-state index contributed by atoms with van der Waals surface area (Å²) < 4.78 is 30.7. The van der Waals surface area contributed by atoms with Crippen molar-refractivity contribution in [3.05, 3.63) is 124 Å². The van der Waals surface area contributed by atoms with Crippen molar-refractivity contribution in [2.45, 2.75) is 17.0 Å². The topological polar surface area (TPSA) is 136 Å². The van der Waals surface area contributed by atoms with Crippen LogP contribution < -0.4 is 14.1 Å². The fraction of sp³-hybridized carbons (Fsp3) is 0.103. The molecule has 4 aromatic rings. The van der Waals surface area contributed by atoms with Crippen LogP contribution in [0.25, 0.3) is 0 Å². The molecule has 2 aliphatic rings. The molecule has 0 aliphatic carbocycles. The largest absolute Gasteiger partial charge is 0.379 e. The van der Waals surface area contributed by atoms with Crippen molar-refractivity contribution in [1.82, 2.24) is 0 Å². The average Bonchev–Trinajstić information content (AvgIpc) is 3.50. The first kappa shape index (κ1) is 27.4. The summed E-state index contributed by atoms with van der Waals surface area (Å²) >= 11 is 5.98. The molecule has 13 heteroatoms. The van der Waals surface area contributed by atoms with Gasteiger partial charge in [0.15, 0.2) is 6.10 Å². The third-order valence-electron chi connectivity index (χ3n) is 6.95. The average molecular weight is 606 g/mol. The van der Waals surface area contributed by atoms with Crippen LogP contribution in [-0.4, -0.2) is 31.3 Å². The highest BCUT2D eigenvalue weighted by atomic mass is 35.5. The number of fused-ring (bicyclic) bond motifs is 1. The summed E-state index contributed by atoms with van der Waals surface area (Å²) in [5.74, 6) is -2.12. The minimum absolute atomic E-state index is 0.0182. The number of imide groups is 1. The molecular weight excluding hydrogens is 586 g/mol. The number of benzene rings is 4. The van der Waals surface area contributed by atoms with Crippen molar-refractivity contribution < 1.29 is 32.0 Å². The Balaban J connectivity index is 1.37. The molecule has 0 N–H and O–H groups in total. The Labute approximate surface area is 244 Å². The van der Waals surface area contributed by atoms with E-state index in [1.54, 1.807) is 60.7 Å². The second-order valence-electron chi connectivity index (χ2n) is 9.51. The van der Waals surface area contributed by atoms with Crippen molar-refractivity contribution in [2.24, 2.45) is 5.92 Å². The first-order valence-electron chi connectivity index (χ1n) is 12.6. The van der Waals surface area contributed by atoms with E-state index in [0.29, 0.717) is 16.3 Å². The third kappa shape index (κ3) is 4.85. The maximum atomic E-state index is 13.8. The van der Waals surface area contributed by atoms with E-state index in [-0.39, 0.29) is 22.0 Å². The lowest BCUT2D eigenvalue weighted by Crippen LogP contribution is -2.37. The van der Waals surface area contributed by atoms with Gasteiger partial charge >= 0.3 is 10.1 Å². The minimum atomic E-state index is -4.10.